The van der Waals surface area contributed by atoms with Gasteiger partial charge in [-0.25, -0.2) is 0 Å². The predicted octanol–water partition coefficient (Wildman–Crippen LogP) is 0.300. The average Bonchev–Trinajstić information content (AvgIpc) is 2.13. The SMILES string of the molecule is [2H]N1CCC(C)(N(C)C)C1. The van der Waals surface area contributed by atoms with E-state index in [1.54, 1.807) is 5.31 Å². The molecule has 0 aromatic rings. The summed E-state index contributed by atoms with van der Waals surface area (Å²) in [6.07, 6.45) is 1.11. The molecule has 0 radical (unpaired) electrons. The zero-order valence-electron chi connectivity index (χ0n) is 7.52. The van der Waals surface area contributed by atoms with Crippen molar-refractivity contribution in [2.45, 2.75) is 18.9 Å². The van der Waals surface area contributed by atoms with Gasteiger partial charge < -0.3 is 10.2 Å². The molecule has 1 aliphatic rings. The van der Waals surface area contributed by atoms with Crippen molar-refractivity contribution in [2.24, 2.45) is 0 Å². The number of hydrogen-bond acceptors (Lipinski definition) is 2. The summed E-state index contributed by atoms with van der Waals surface area (Å²) in [6, 6.07) is 0. The molecule has 1 saturated heterocycles. The van der Waals surface area contributed by atoms with Crippen LogP contribution in [0.25, 0.3) is 0 Å². The Hall–Kier alpha value is -0.0800. The Kier molecular flexibility index (Phi) is 1.44. The maximum Gasteiger partial charge on any atom is 0.122 e. The average molecular weight is 129 g/mol. The van der Waals surface area contributed by atoms with Crippen LogP contribution in [0, 0.1) is 0 Å². The molecule has 1 heterocycles. The number of hydrogen-bond donors (Lipinski definition) is 1. The minimum Gasteiger partial charge on any atom is -0.315 e. The lowest BCUT2D eigenvalue weighted by atomic mass is 10.0. The van der Waals surface area contributed by atoms with Crippen molar-refractivity contribution in [2.75, 3.05) is 27.2 Å². The Morgan fingerprint density at radius 2 is 2.33 bits per heavy atom. The van der Waals surface area contributed by atoms with E-state index in [-0.39, 0.29) is 5.54 Å². The molecule has 0 aliphatic carbocycles. The molecular weight excluding hydrogens is 112 g/mol. The highest BCUT2D eigenvalue weighted by Gasteiger charge is 2.29. The van der Waals surface area contributed by atoms with E-state index >= 15 is 0 Å². The summed E-state index contributed by atoms with van der Waals surface area (Å²) in [7, 11) is 4.16. The second-order valence-electron chi connectivity index (χ2n) is 3.25. The summed E-state index contributed by atoms with van der Waals surface area (Å²) >= 11 is 0. The number of nitrogens with zero attached hydrogens (tertiary/aromatic N) is 1. The highest BCUT2D eigenvalue weighted by atomic mass is 15.2. The molecule has 0 bridgehead atoms. The van der Waals surface area contributed by atoms with E-state index in [2.05, 4.69) is 25.9 Å². The van der Waals surface area contributed by atoms with Gasteiger partial charge in [-0.3, -0.25) is 0 Å². The normalized spacial score (nSPS) is 39.8. The van der Waals surface area contributed by atoms with Crippen molar-refractivity contribution in [3.63, 3.8) is 0 Å². The van der Waals surface area contributed by atoms with Crippen molar-refractivity contribution < 1.29 is 1.41 Å². The van der Waals surface area contributed by atoms with Crippen molar-refractivity contribution >= 4 is 0 Å². The minimum absolute atomic E-state index is 0.238. The number of likely N-dealkylation sites (N-methyl/N-ethyl adjacent to an activating group) is 1. The topological polar surface area (TPSA) is 15.3 Å². The quantitative estimate of drug-likeness (QED) is 0.548. The van der Waals surface area contributed by atoms with Crippen molar-refractivity contribution in [3.8, 4) is 0 Å². The molecule has 0 spiro atoms. The van der Waals surface area contributed by atoms with Crippen LogP contribution in [-0.4, -0.2) is 37.6 Å². The number of nitrogens with one attached hydrogen (secondary N) is 1. The van der Waals surface area contributed by atoms with Crippen LogP contribution in [0.1, 0.15) is 13.3 Å². The smallest absolute Gasteiger partial charge is 0.122 e. The zero-order valence-corrected chi connectivity index (χ0v) is 6.52. The first-order chi connectivity index (χ1) is 4.54. The summed E-state index contributed by atoms with van der Waals surface area (Å²) in [5.74, 6) is 0. The lowest BCUT2D eigenvalue weighted by Gasteiger charge is -2.30. The van der Waals surface area contributed by atoms with E-state index in [0.29, 0.717) is 0 Å². The molecule has 0 aromatic carbocycles. The van der Waals surface area contributed by atoms with Gasteiger partial charge in [0.1, 0.15) is 1.41 Å². The van der Waals surface area contributed by atoms with Gasteiger partial charge in [-0.05, 0) is 34.0 Å². The fraction of sp³-hybridized carbons (Fsp3) is 1.00. The van der Waals surface area contributed by atoms with E-state index in [4.69, 9.17) is 1.41 Å². The van der Waals surface area contributed by atoms with Crippen LogP contribution < -0.4 is 5.31 Å². The van der Waals surface area contributed by atoms with Gasteiger partial charge in [0.05, 0.1) is 0 Å². The fourth-order valence-electron chi connectivity index (χ4n) is 1.08. The van der Waals surface area contributed by atoms with Gasteiger partial charge in [0.2, 0.25) is 0 Å². The van der Waals surface area contributed by atoms with Crippen LogP contribution in [0.3, 0.4) is 0 Å². The molecule has 2 heteroatoms. The van der Waals surface area contributed by atoms with Crippen LogP contribution in [0.4, 0.5) is 0 Å². The van der Waals surface area contributed by atoms with E-state index in [1.165, 1.54) is 0 Å². The molecule has 1 aliphatic heterocycles. The molecule has 0 aromatic heterocycles. The van der Waals surface area contributed by atoms with Gasteiger partial charge in [-0.2, -0.15) is 0 Å². The molecule has 1 unspecified atom stereocenters. The minimum atomic E-state index is 0.238. The van der Waals surface area contributed by atoms with Crippen LogP contribution in [0.2, 0.25) is 1.41 Å². The Morgan fingerprint density at radius 1 is 1.67 bits per heavy atom. The van der Waals surface area contributed by atoms with Crippen LogP contribution >= 0.6 is 0 Å². The second-order valence-corrected chi connectivity index (χ2v) is 3.25. The molecule has 2 nitrogen and oxygen atoms in total. The van der Waals surface area contributed by atoms with Crippen molar-refractivity contribution in [1.29, 1.82) is 0 Å². The lowest BCUT2D eigenvalue weighted by molar-refractivity contribution is 0.196. The highest BCUT2D eigenvalue weighted by molar-refractivity contribution is 4.90. The molecule has 9 heavy (non-hydrogen) atoms. The Balaban J connectivity index is 2.54. The fourth-order valence-corrected chi connectivity index (χ4v) is 1.08. The maximum absolute atomic E-state index is 7.39. The summed E-state index contributed by atoms with van der Waals surface area (Å²) in [4.78, 5) is 2.21. The summed E-state index contributed by atoms with van der Waals surface area (Å²) < 4.78 is 7.39. The Labute approximate surface area is 58.7 Å². The predicted molar refractivity (Wildman–Crippen MR) is 39.6 cm³/mol. The molecule has 1 atom stereocenters. The van der Waals surface area contributed by atoms with Gasteiger partial charge >= 0.3 is 0 Å². The first-order valence-electron chi connectivity index (χ1n) is 3.90. The van der Waals surface area contributed by atoms with Crippen molar-refractivity contribution in [1.82, 2.24) is 10.2 Å². The van der Waals surface area contributed by atoms with Gasteiger partial charge in [-0.1, -0.05) is 0 Å². The summed E-state index contributed by atoms with van der Waals surface area (Å²) in [5, 5.41) is 1.64. The van der Waals surface area contributed by atoms with E-state index < -0.39 is 0 Å². The monoisotopic (exact) mass is 129 g/mol. The van der Waals surface area contributed by atoms with Gasteiger partial charge in [0.15, 0.2) is 0 Å². The van der Waals surface area contributed by atoms with Gasteiger partial charge in [-0.15, -0.1) is 0 Å². The van der Waals surface area contributed by atoms with E-state index in [9.17, 15) is 0 Å². The van der Waals surface area contributed by atoms with E-state index in [1.807, 2.05) is 0 Å². The van der Waals surface area contributed by atoms with Crippen LogP contribution in [0.5, 0.6) is 0 Å². The largest absolute Gasteiger partial charge is 0.315 e. The third-order valence-electron chi connectivity index (χ3n) is 2.34. The zero-order chi connectivity index (χ0) is 7.78. The standard InChI is InChI=1S/C7H16N2/c1-7(9(2)3)4-5-8-6-7/h8H,4-6H2,1-3H3/i/hD. The molecule has 54 valence electrons. The number of rotatable bonds is 1. The lowest BCUT2D eigenvalue weighted by Crippen LogP contribution is -2.42. The third-order valence-corrected chi connectivity index (χ3v) is 2.34. The Bertz CT molecular complexity index is 127. The van der Waals surface area contributed by atoms with Crippen LogP contribution in [-0.2, 0) is 0 Å². The first kappa shape index (κ1) is 5.69. The van der Waals surface area contributed by atoms with E-state index in [0.717, 1.165) is 19.5 Å². The molecule has 1 fully saturated rings. The molecule has 1 rings (SSSR count). The second kappa shape index (κ2) is 2.27. The maximum atomic E-state index is 7.39. The molecule has 1 N–H and O–H groups in total. The van der Waals surface area contributed by atoms with Crippen molar-refractivity contribution in [3.05, 3.63) is 0 Å². The summed E-state index contributed by atoms with van der Waals surface area (Å²) in [5.41, 5.74) is 0.238. The Morgan fingerprint density at radius 3 is 2.56 bits per heavy atom. The summed E-state index contributed by atoms with van der Waals surface area (Å²) in [6.45, 7) is 4.00. The molecular formula is C7H16N2. The molecule has 0 amide bonds. The first-order valence-corrected chi connectivity index (χ1v) is 3.46. The van der Waals surface area contributed by atoms with Gasteiger partial charge in [0, 0.05) is 12.1 Å². The molecule has 0 saturated carbocycles. The van der Waals surface area contributed by atoms with Gasteiger partial charge in [0.25, 0.3) is 0 Å². The van der Waals surface area contributed by atoms with Crippen LogP contribution in [0.15, 0.2) is 0 Å². The third kappa shape index (κ3) is 1.25. The highest BCUT2D eigenvalue weighted by Crippen LogP contribution is 2.18.